The Morgan fingerprint density at radius 3 is 2.84 bits per heavy atom. The van der Waals surface area contributed by atoms with E-state index in [9.17, 15) is 13.2 Å². The molecule has 1 fully saturated rings. The number of hydrogen-bond donors (Lipinski definition) is 1. The Balaban J connectivity index is 0.00000341. The molecule has 0 saturated carbocycles. The first-order valence-corrected chi connectivity index (χ1v) is 9.71. The molecule has 10 heteroatoms. The van der Waals surface area contributed by atoms with Crippen LogP contribution in [0.25, 0.3) is 0 Å². The molecular weight excluding hydrogens is 524 g/mol. The van der Waals surface area contributed by atoms with E-state index < -0.39 is 17.8 Å². The molecule has 1 aromatic carbocycles. The van der Waals surface area contributed by atoms with E-state index in [1.54, 1.807) is 19.4 Å². The van der Waals surface area contributed by atoms with Gasteiger partial charge in [-0.3, -0.25) is 0 Å². The fourth-order valence-electron chi connectivity index (χ4n) is 3.21. The average molecular weight is 550 g/mol. The highest BCUT2D eigenvalue weighted by Crippen LogP contribution is 2.32. The van der Waals surface area contributed by atoms with Crippen LogP contribution in [-0.2, 0) is 17.5 Å². The van der Waals surface area contributed by atoms with Crippen molar-refractivity contribution >= 4 is 29.9 Å². The molecule has 1 unspecified atom stereocenters. The minimum Gasteiger partial charge on any atom is -0.481 e. The summed E-state index contributed by atoms with van der Waals surface area (Å²) in [6.45, 7) is 4.47. The molecular formula is C21H26F3IN4O2. The van der Waals surface area contributed by atoms with Gasteiger partial charge in [0.05, 0.1) is 32.4 Å². The maximum Gasteiger partial charge on any atom is 0.416 e. The van der Waals surface area contributed by atoms with E-state index in [-0.39, 0.29) is 24.0 Å². The summed E-state index contributed by atoms with van der Waals surface area (Å²) < 4.78 is 50.1. The molecule has 1 aliphatic rings. The first-order chi connectivity index (χ1) is 14.4. The van der Waals surface area contributed by atoms with Crippen molar-refractivity contribution in [2.75, 3.05) is 33.4 Å². The molecule has 0 aliphatic carbocycles. The third kappa shape index (κ3) is 6.96. The van der Waals surface area contributed by atoms with Gasteiger partial charge < -0.3 is 19.7 Å². The SMILES string of the molecule is CCNC(=NCc1ccnc(OC)c1)N1CCOC(c2cccc(C(F)(F)F)c2)C1.I. The Bertz CT molecular complexity index is 880. The van der Waals surface area contributed by atoms with Gasteiger partial charge in [0.1, 0.15) is 6.10 Å². The number of halogens is 4. The number of morpholine rings is 1. The average Bonchev–Trinajstić information content (AvgIpc) is 2.76. The van der Waals surface area contributed by atoms with Crippen LogP contribution >= 0.6 is 24.0 Å². The van der Waals surface area contributed by atoms with Crippen molar-refractivity contribution in [1.82, 2.24) is 15.2 Å². The van der Waals surface area contributed by atoms with Gasteiger partial charge in [-0.2, -0.15) is 13.2 Å². The third-order valence-corrected chi connectivity index (χ3v) is 4.71. The smallest absolute Gasteiger partial charge is 0.416 e. The molecule has 1 N–H and O–H groups in total. The van der Waals surface area contributed by atoms with Gasteiger partial charge in [-0.05, 0) is 36.2 Å². The molecule has 31 heavy (non-hydrogen) atoms. The molecule has 2 heterocycles. The van der Waals surface area contributed by atoms with Gasteiger partial charge in [-0.15, -0.1) is 24.0 Å². The van der Waals surface area contributed by atoms with Gasteiger partial charge in [0.15, 0.2) is 5.96 Å². The van der Waals surface area contributed by atoms with E-state index in [1.807, 2.05) is 24.0 Å². The zero-order valence-corrected chi connectivity index (χ0v) is 19.7. The van der Waals surface area contributed by atoms with Crippen LogP contribution in [-0.4, -0.2) is 49.2 Å². The van der Waals surface area contributed by atoms with Crippen molar-refractivity contribution in [3.63, 3.8) is 0 Å². The number of alkyl halides is 3. The van der Waals surface area contributed by atoms with Crippen LogP contribution in [0, 0.1) is 0 Å². The molecule has 1 saturated heterocycles. The molecule has 0 amide bonds. The molecule has 1 atom stereocenters. The lowest BCUT2D eigenvalue weighted by Gasteiger charge is -2.35. The largest absolute Gasteiger partial charge is 0.481 e. The Morgan fingerprint density at radius 1 is 1.32 bits per heavy atom. The molecule has 1 aliphatic heterocycles. The first kappa shape index (κ1) is 25.2. The lowest BCUT2D eigenvalue weighted by atomic mass is 10.0. The molecule has 170 valence electrons. The number of aromatic nitrogens is 1. The number of ether oxygens (including phenoxy) is 2. The number of rotatable bonds is 5. The maximum absolute atomic E-state index is 13.1. The van der Waals surface area contributed by atoms with Gasteiger partial charge in [0.25, 0.3) is 0 Å². The van der Waals surface area contributed by atoms with Crippen LogP contribution in [0.3, 0.4) is 0 Å². The number of nitrogens with one attached hydrogen (secondary N) is 1. The first-order valence-electron chi connectivity index (χ1n) is 9.71. The zero-order chi connectivity index (χ0) is 21.6. The third-order valence-electron chi connectivity index (χ3n) is 4.71. The standard InChI is InChI=1S/C21H25F3N4O2.HI/c1-3-25-20(27-13-15-7-8-26-19(11-15)29-2)28-9-10-30-18(14-28)16-5-4-6-17(12-16)21(22,23)24;/h4-8,11-12,18H,3,9-10,13-14H2,1-2H3,(H,25,27);1H. The number of pyridine rings is 1. The summed E-state index contributed by atoms with van der Waals surface area (Å²) in [6.07, 6.45) is -3.19. The molecule has 0 bridgehead atoms. The fourth-order valence-corrected chi connectivity index (χ4v) is 3.21. The van der Waals surface area contributed by atoms with E-state index in [4.69, 9.17) is 9.47 Å². The van der Waals surface area contributed by atoms with Crippen molar-refractivity contribution in [3.05, 3.63) is 59.3 Å². The topological polar surface area (TPSA) is 59.0 Å². The monoisotopic (exact) mass is 550 g/mol. The van der Waals surface area contributed by atoms with Crippen molar-refractivity contribution in [2.24, 2.45) is 4.99 Å². The Hall–Kier alpha value is -2.08. The predicted octanol–water partition coefficient (Wildman–Crippen LogP) is 4.27. The van der Waals surface area contributed by atoms with Gasteiger partial charge in [0, 0.05) is 25.4 Å². The summed E-state index contributed by atoms with van der Waals surface area (Å²) in [5.41, 5.74) is 0.775. The van der Waals surface area contributed by atoms with Crippen molar-refractivity contribution in [3.8, 4) is 5.88 Å². The number of aliphatic imine (C=N–C) groups is 1. The lowest BCUT2D eigenvalue weighted by Crippen LogP contribution is -2.48. The van der Waals surface area contributed by atoms with Crippen molar-refractivity contribution < 1.29 is 22.6 Å². The minimum atomic E-state index is -4.38. The van der Waals surface area contributed by atoms with Crippen LogP contribution in [0.2, 0.25) is 0 Å². The number of benzene rings is 1. The molecule has 0 radical (unpaired) electrons. The van der Waals surface area contributed by atoms with E-state index >= 15 is 0 Å². The van der Waals surface area contributed by atoms with Gasteiger partial charge >= 0.3 is 6.18 Å². The normalized spacial score (nSPS) is 17.1. The van der Waals surface area contributed by atoms with Gasteiger partial charge in [-0.1, -0.05) is 12.1 Å². The summed E-state index contributed by atoms with van der Waals surface area (Å²) >= 11 is 0. The maximum atomic E-state index is 13.1. The zero-order valence-electron chi connectivity index (χ0n) is 17.4. The van der Waals surface area contributed by atoms with Gasteiger partial charge in [0.2, 0.25) is 5.88 Å². The quantitative estimate of drug-likeness (QED) is 0.343. The molecule has 6 nitrogen and oxygen atoms in total. The predicted molar refractivity (Wildman–Crippen MR) is 123 cm³/mol. The molecule has 2 aromatic rings. The van der Waals surface area contributed by atoms with E-state index in [0.29, 0.717) is 50.2 Å². The van der Waals surface area contributed by atoms with E-state index in [0.717, 1.165) is 17.7 Å². The van der Waals surface area contributed by atoms with Crippen molar-refractivity contribution in [2.45, 2.75) is 25.7 Å². The summed E-state index contributed by atoms with van der Waals surface area (Å²) in [7, 11) is 1.56. The highest BCUT2D eigenvalue weighted by atomic mass is 127. The second-order valence-corrected chi connectivity index (χ2v) is 6.81. The van der Waals surface area contributed by atoms with Crippen LogP contribution in [0.5, 0.6) is 5.88 Å². The lowest BCUT2D eigenvalue weighted by molar-refractivity contribution is -0.137. The van der Waals surface area contributed by atoms with E-state index in [1.165, 1.54) is 6.07 Å². The van der Waals surface area contributed by atoms with Crippen LogP contribution in [0.15, 0.2) is 47.6 Å². The molecule has 1 aromatic heterocycles. The summed E-state index contributed by atoms with van der Waals surface area (Å²) in [5.74, 6) is 1.21. The Labute approximate surface area is 196 Å². The Kier molecular flexibility index (Phi) is 9.35. The Morgan fingerprint density at radius 2 is 2.13 bits per heavy atom. The number of hydrogen-bond acceptors (Lipinski definition) is 4. The van der Waals surface area contributed by atoms with Crippen LogP contribution in [0.4, 0.5) is 13.2 Å². The van der Waals surface area contributed by atoms with Crippen molar-refractivity contribution in [1.29, 1.82) is 0 Å². The minimum absolute atomic E-state index is 0. The number of methoxy groups -OCH3 is 1. The second-order valence-electron chi connectivity index (χ2n) is 6.81. The summed E-state index contributed by atoms with van der Waals surface area (Å²) in [4.78, 5) is 10.8. The highest BCUT2D eigenvalue weighted by molar-refractivity contribution is 14.0. The number of guanidine groups is 1. The van der Waals surface area contributed by atoms with Crippen LogP contribution < -0.4 is 10.1 Å². The highest BCUT2D eigenvalue weighted by Gasteiger charge is 2.32. The van der Waals surface area contributed by atoms with E-state index in [2.05, 4.69) is 15.3 Å². The molecule has 3 rings (SSSR count). The second kappa shape index (κ2) is 11.5. The van der Waals surface area contributed by atoms with Gasteiger partial charge in [-0.25, -0.2) is 9.98 Å². The number of nitrogens with zero attached hydrogens (tertiary/aromatic N) is 3. The van der Waals surface area contributed by atoms with Crippen LogP contribution in [0.1, 0.15) is 29.7 Å². The fraction of sp³-hybridized carbons (Fsp3) is 0.429. The molecule has 0 spiro atoms. The summed E-state index contributed by atoms with van der Waals surface area (Å²) in [6, 6.07) is 8.98. The summed E-state index contributed by atoms with van der Waals surface area (Å²) in [5, 5.41) is 3.25.